The fraction of sp³-hybridized carbons (Fsp3) is 0.290. The largest absolute Gasteiger partial charge is 0.444 e. The minimum absolute atomic E-state index is 0.292. The van der Waals surface area contributed by atoms with E-state index < -0.39 is 23.1 Å². The number of pyridine rings is 1. The molecule has 0 bridgehead atoms. The number of amides is 2. The Morgan fingerprint density at radius 1 is 1.05 bits per heavy atom. The Labute approximate surface area is 242 Å². The maximum atomic E-state index is 14.3. The smallest absolute Gasteiger partial charge is 0.412 e. The van der Waals surface area contributed by atoms with E-state index in [1.54, 1.807) is 77.7 Å². The molecule has 1 aliphatic heterocycles. The van der Waals surface area contributed by atoms with E-state index in [0.717, 1.165) is 16.7 Å². The molecule has 1 saturated heterocycles. The molecule has 0 aliphatic carbocycles. The summed E-state index contributed by atoms with van der Waals surface area (Å²) < 4.78 is 20.7. The Kier molecular flexibility index (Phi) is 7.61. The third-order valence-corrected chi connectivity index (χ3v) is 8.04. The van der Waals surface area contributed by atoms with Crippen molar-refractivity contribution in [1.29, 1.82) is 0 Å². The summed E-state index contributed by atoms with van der Waals surface area (Å²) in [5, 5.41) is 0.115. The second kappa shape index (κ2) is 11.0. The topological polar surface area (TPSA) is 84.7 Å². The third-order valence-electron chi connectivity index (χ3n) is 6.71. The van der Waals surface area contributed by atoms with Crippen molar-refractivity contribution in [2.24, 2.45) is 0 Å². The van der Waals surface area contributed by atoms with Gasteiger partial charge in [-0.15, -0.1) is 11.8 Å². The molecular weight excluding hydrogens is 543 g/mol. The van der Waals surface area contributed by atoms with E-state index in [2.05, 4.69) is 4.98 Å². The molecule has 1 fully saturated rings. The van der Waals surface area contributed by atoms with Gasteiger partial charge >= 0.3 is 12.1 Å². The summed E-state index contributed by atoms with van der Waals surface area (Å²) in [5.74, 6) is -0.290. The average molecular weight is 575 g/mol. The van der Waals surface area contributed by atoms with Crippen LogP contribution in [0, 0.1) is 5.82 Å². The molecule has 8 nitrogen and oxygen atoms in total. The molecule has 2 aromatic carbocycles. The molecule has 1 unspecified atom stereocenters. The molecule has 0 spiro atoms. The lowest BCUT2D eigenvalue weighted by Crippen LogP contribution is -2.45. The summed E-state index contributed by atoms with van der Waals surface area (Å²) in [4.78, 5) is 48.1. The van der Waals surface area contributed by atoms with Gasteiger partial charge in [0.15, 0.2) is 5.78 Å². The van der Waals surface area contributed by atoms with Gasteiger partial charge in [0.2, 0.25) is 0 Å². The van der Waals surface area contributed by atoms with E-state index in [0.29, 0.717) is 22.2 Å². The fourth-order valence-electron chi connectivity index (χ4n) is 4.82. The normalized spacial score (nSPS) is 17.1. The molecule has 2 atom stereocenters. The Bertz CT molecular complexity index is 1610. The Hall–Kier alpha value is -4.18. The lowest BCUT2D eigenvalue weighted by atomic mass is 10.00. The first-order chi connectivity index (χ1) is 19.4. The maximum Gasteiger partial charge on any atom is 0.412 e. The van der Waals surface area contributed by atoms with Gasteiger partial charge in [-0.3, -0.25) is 19.2 Å². The van der Waals surface area contributed by atoms with E-state index >= 15 is 0 Å². The second-order valence-corrected chi connectivity index (χ2v) is 12.2. The van der Waals surface area contributed by atoms with Crippen molar-refractivity contribution in [3.8, 4) is 11.1 Å². The van der Waals surface area contributed by atoms with Gasteiger partial charge in [-0.05, 0) is 56.2 Å². The number of thioether (sulfide) groups is 1. The lowest BCUT2D eigenvalue weighted by Gasteiger charge is -2.31. The van der Waals surface area contributed by atoms with Gasteiger partial charge in [0.1, 0.15) is 22.8 Å². The predicted molar refractivity (Wildman–Crippen MR) is 157 cm³/mol. The van der Waals surface area contributed by atoms with E-state index in [9.17, 15) is 18.8 Å². The average Bonchev–Trinajstić information content (AvgIpc) is 3.54. The van der Waals surface area contributed by atoms with Gasteiger partial charge in [-0.25, -0.2) is 14.0 Å². The van der Waals surface area contributed by atoms with Crippen LogP contribution in [0.4, 0.5) is 14.0 Å². The van der Waals surface area contributed by atoms with Crippen LogP contribution < -0.4 is 0 Å². The first-order valence-electron chi connectivity index (χ1n) is 13.1. The number of hydrogen-bond acceptors (Lipinski definition) is 6. The number of ether oxygens (including phenoxy) is 1. The highest BCUT2D eigenvalue weighted by Gasteiger charge is 2.45. The molecular formula is C31H31FN4O4S. The first kappa shape index (κ1) is 28.4. The van der Waals surface area contributed by atoms with Crippen LogP contribution in [0.1, 0.15) is 42.1 Å². The van der Waals surface area contributed by atoms with Crippen LogP contribution in [0.25, 0.3) is 22.0 Å². The molecule has 10 heteroatoms. The van der Waals surface area contributed by atoms with E-state index in [1.165, 1.54) is 38.3 Å². The molecule has 212 valence electrons. The fourth-order valence-corrected chi connectivity index (χ4v) is 6.23. The highest BCUT2D eigenvalue weighted by molar-refractivity contribution is 7.99. The van der Waals surface area contributed by atoms with Crippen molar-refractivity contribution in [3.05, 3.63) is 90.1 Å². The predicted octanol–water partition coefficient (Wildman–Crippen LogP) is 6.61. The number of hydrogen-bond donors (Lipinski definition) is 0. The maximum absolute atomic E-state index is 14.3. The van der Waals surface area contributed by atoms with Gasteiger partial charge in [0.05, 0.1) is 5.52 Å². The van der Waals surface area contributed by atoms with Crippen LogP contribution in [-0.2, 0) is 4.74 Å². The summed E-state index contributed by atoms with van der Waals surface area (Å²) in [7, 11) is 3.27. The standard InChI is InChI=1S/C31H31FN4O4S/c1-31(2,3)40-30(39)36-26(18-41-28(36)21-7-6-14-33-16-21)27(37)24-17-35(29(38)34(4)5)25-15-20(10-13-23(24)25)19-8-11-22(32)12-9-19/h6-17,26,28H,18H2,1-5H3/t26-,28?/m0/s1. The van der Waals surface area contributed by atoms with Crippen molar-refractivity contribution in [2.75, 3.05) is 19.8 Å². The zero-order valence-corrected chi connectivity index (χ0v) is 24.3. The van der Waals surface area contributed by atoms with Crippen molar-refractivity contribution in [2.45, 2.75) is 37.8 Å². The molecule has 4 aromatic rings. The van der Waals surface area contributed by atoms with Gasteiger partial charge in [-0.1, -0.05) is 30.3 Å². The lowest BCUT2D eigenvalue weighted by molar-refractivity contribution is 0.0173. The molecule has 41 heavy (non-hydrogen) atoms. The quantitative estimate of drug-likeness (QED) is 0.255. The highest BCUT2D eigenvalue weighted by atomic mass is 32.2. The Morgan fingerprint density at radius 2 is 1.76 bits per heavy atom. The summed E-state index contributed by atoms with van der Waals surface area (Å²) in [6, 6.07) is 14.0. The number of ketones is 1. The van der Waals surface area contributed by atoms with Crippen LogP contribution in [-0.4, -0.2) is 68.7 Å². The molecule has 0 radical (unpaired) electrons. The second-order valence-electron chi connectivity index (χ2n) is 11.1. The number of carbonyl (C=O) groups is 3. The minimum atomic E-state index is -0.828. The van der Waals surface area contributed by atoms with Crippen molar-refractivity contribution in [1.82, 2.24) is 19.4 Å². The summed E-state index contributed by atoms with van der Waals surface area (Å²) in [5.41, 5.74) is 2.43. The van der Waals surface area contributed by atoms with Crippen LogP contribution in [0.3, 0.4) is 0 Å². The van der Waals surface area contributed by atoms with Crippen LogP contribution in [0.15, 0.2) is 73.2 Å². The highest BCUT2D eigenvalue weighted by Crippen LogP contribution is 2.43. The van der Waals surface area contributed by atoms with E-state index in [-0.39, 0.29) is 17.6 Å². The van der Waals surface area contributed by atoms with E-state index in [1.807, 2.05) is 18.2 Å². The van der Waals surface area contributed by atoms with Crippen molar-refractivity contribution in [3.63, 3.8) is 0 Å². The Balaban J connectivity index is 1.59. The van der Waals surface area contributed by atoms with Gasteiger partial charge in [0.25, 0.3) is 0 Å². The van der Waals surface area contributed by atoms with Crippen LogP contribution >= 0.6 is 11.8 Å². The molecule has 0 saturated carbocycles. The summed E-state index contributed by atoms with van der Waals surface area (Å²) >= 11 is 1.46. The zero-order valence-electron chi connectivity index (χ0n) is 23.5. The number of rotatable bonds is 4. The molecule has 2 aromatic heterocycles. The number of halogens is 1. The molecule has 0 N–H and O–H groups in total. The Morgan fingerprint density at radius 3 is 2.39 bits per heavy atom. The first-order valence-corrected chi connectivity index (χ1v) is 14.2. The van der Waals surface area contributed by atoms with Crippen molar-refractivity contribution < 1.29 is 23.5 Å². The zero-order chi connectivity index (χ0) is 29.5. The number of aromatic nitrogens is 2. The van der Waals surface area contributed by atoms with Gasteiger partial charge in [0, 0.05) is 55.0 Å². The molecule has 3 heterocycles. The number of nitrogens with zero attached hydrogens (tertiary/aromatic N) is 4. The molecule has 1 aliphatic rings. The van der Waals surface area contributed by atoms with Crippen LogP contribution in [0.5, 0.6) is 0 Å². The molecule has 5 rings (SSSR count). The number of Topliss-reactive ketones (excluding diaryl/α,β-unsaturated/α-hetero) is 1. The van der Waals surface area contributed by atoms with Crippen LogP contribution in [0.2, 0.25) is 0 Å². The monoisotopic (exact) mass is 574 g/mol. The number of fused-ring (bicyclic) bond motifs is 1. The summed E-state index contributed by atoms with van der Waals surface area (Å²) in [6.45, 7) is 5.34. The summed E-state index contributed by atoms with van der Waals surface area (Å²) in [6.07, 6.45) is 4.28. The van der Waals surface area contributed by atoms with Gasteiger partial charge in [-0.2, -0.15) is 0 Å². The number of benzene rings is 2. The third kappa shape index (κ3) is 5.69. The van der Waals surface area contributed by atoms with E-state index in [4.69, 9.17) is 4.74 Å². The van der Waals surface area contributed by atoms with Gasteiger partial charge < -0.3 is 9.64 Å². The van der Waals surface area contributed by atoms with Crippen molar-refractivity contribution >= 4 is 40.6 Å². The minimum Gasteiger partial charge on any atom is -0.444 e. The SMILES string of the molecule is CN(C)C(=O)n1cc(C(=O)[C@@H]2CSC(c3cccnc3)N2C(=O)OC(C)(C)C)c2ccc(-c3ccc(F)cc3)cc21. The number of carbonyl (C=O) groups excluding carboxylic acids is 3. The molecule has 2 amide bonds.